The number of halogens is 2. The highest BCUT2D eigenvalue weighted by atomic mass is 32.2. The molecule has 0 amide bonds. The van der Waals surface area contributed by atoms with Gasteiger partial charge in [-0.05, 0) is 12.1 Å². The summed E-state index contributed by atoms with van der Waals surface area (Å²) in [5.74, 6) is -1.69. The fourth-order valence-electron chi connectivity index (χ4n) is 1.45. The standard InChI is InChI=1S/C11H12F2N4S/c1-17-7-15-16-10(17)6-14-8-4-2-3-5-9(8)18-11(12)13/h2-5,7,11,14H,6H2,1H3. The van der Waals surface area contributed by atoms with Crippen LogP contribution in [0.3, 0.4) is 0 Å². The Balaban J connectivity index is 2.07. The summed E-state index contributed by atoms with van der Waals surface area (Å²) in [6.45, 7) is 0.442. The van der Waals surface area contributed by atoms with Crippen molar-refractivity contribution in [3.8, 4) is 0 Å². The van der Waals surface area contributed by atoms with Gasteiger partial charge >= 0.3 is 0 Å². The van der Waals surface area contributed by atoms with E-state index >= 15 is 0 Å². The number of thioether (sulfide) groups is 1. The van der Waals surface area contributed by atoms with Gasteiger partial charge in [-0.3, -0.25) is 0 Å². The third-order valence-electron chi connectivity index (χ3n) is 2.35. The van der Waals surface area contributed by atoms with E-state index in [0.29, 0.717) is 28.9 Å². The number of nitrogens with zero attached hydrogens (tertiary/aromatic N) is 3. The second-order valence-electron chi connectivity index (χ2n) is 3.59. The van der Waals surface area contributed by atoms with Gasteiger partial charge in [0, 0.05) is 17.6 Å². The first-order valence-corrected chi connectivity index (χ1v) is 6.15. The molecule has 1 heterocycles. The molecule has 1 aromatic carbocycles. The molecule has 7 heteroatoms. The Morgan fingerprint density at radius 2 is 2.17 bits per heavy atom. The predicted octanol–water partition coefficient (Wildman–Crippen LogP) is 2.74. The van der Waals surface area contributed by atoms with E-state index in [1.807, 2.05) is 7.05 Å². The van der Waals surface area contributed by atoms with Gasteiger partial charge in [0.05, 0.1) is 6.54 Å². The van der Waals surface area contributed by atoms with E-state index in [9.17, 15) is 8.78 Å². The average Bonchev–Trinajstić information content (AvgIpc) is 2.73. The van der Waals surface area contributed by atoms with Crippen LogP contribution in [0.25, 0.3) is 0 Å². The second-order valence-corrected chi connectivity index (χ2v) is 4.62. The number of anilines is 1. The number of benzene rings is 1. The molecule has 1 N–H and O–H groups in total. The Labute approximate surface area is 107 Å². The van der Waals surface area contributed by atoms with E-state index in [1.54, 1.807) is 35.2 Å². The normalized spacial score (nSPS) is 10.9. The summed E-state index contributed by atoms with van der Waals surface area (Å²) in [5, 5.41) is 10.8. The predicted molar refractivity (Wildman–Crippen MR) is 66.6 cm³/mol. The fraction of sp³-hybridized carbons (Fsp3) is 0.273. The molecule has 18 heavy (non-hydrogen) atoms. The summed E-state index contributed by atoms with van der Waals surface area (Å²) in [6, 6.07) is 6.96. The van der Waals surface area contributed by atoms with E-state index < -0.39 is 5.76 Å². The Morgan fingerprint density at radius 3 is 2.83 bits per heavy atom. The number of para-hydroxylation sites is 1. The van der Waals surface area contributed by atoms with Crippen LogP contribution in [0.15, 0.2) is 35.5 Å². The number of aromatic nitrogens is 3. The van der Waals surface area contributed by atoms with E-state index in [-0.39, 0.29) is 0 Å². The monoisotopic (exact) mass is 270 g/mol. The smallest absolute Gasteiger partial charge is 0.288 e. The van der Waals surface area contributed by atoms with Crippen LogP contribution in [0.1, 0.15) is 5.82 Å². The highest BCUT2D eigenvalue weighted by Gasteiger charge is 2.10. The fourth-order valence-corrected chi connectivity index (χ4v) is 2.07. The maximum Gasteiger partial charge on any atom is 0.288 e. The molecular formula is C11H12F2N4S. The van der Waals surface area contributed by atoms with Crippen LogP contribution in [0, 0.1) is 0 Å². The Kier molecular flexibility index (Phi) is 4.14. The van der Waals surface area contributed by atoms with Gasteiger partial charge in [0.1, 0.15) is 6.33 Å². The summed E-state index contributed by atoms with van der Waals surface area (Å²) in [4.78, 5) is 0.523. The number of alkyl halides is 2. The number of rotatable bonds is 5. The van der Waals surface area contributed by atoms with E-state index in [2.05, 4.69) is 15.5 Å². The van der Waals surface area contributed by atoms with Crippen LogP contribution in [-0.4, -0.2) is 20.5 Å². The minimum absolute atomic E-state index is 0.442. The van der Waals surface area contributed by atoms with Crippen molar-refractivity contribution < 1.29 is 8.78 Å². The minimum Gasteiger partial charge on any atom is -0.377 e. The van der Waals surface area contributed by atoms with Gasteiger partial charge in [0.2, 0.25) is 0 Å². The molecule has 0 radical (unpaired) electrons. The zero-order valence-electron chi connectivity index (χ0n) is 9.68. The van der Waals surface area contributed by atoms with Crippen LogP contribution in [0.4, 0.5) is 14.5 Å². The highest BCUT2D eigenvalue weighted by Crippen LogP contribution is 2.31. The average molecular weight is 270 g/mol. The molecule has 1 aromatic heterocycles. The number of nitrogens with one attached hydrogen (secondary N) is 1. The van der Waals surface area contributed by atoms with Gasteiger partial charge in [-0.1, -0.05) is 23.9 Å². The third kappa shape index (κ3) is 3.19. The van der Waals surface area contributed by atoms with Crippen LogP contribution < -0.4 is 5.32 Å². The largest absolute Gasteiger partial charge is 0.377 e. The van der Waals surface area contributed by atoms with Gasteiger partial charge in [-0.25, -0.2) is 0 Å². The zero-order valence-corrected chi connectivity index (χ0v) is 10.5. The summed E-state index contributed by atoms with van der Waals surface area (Å²) >= 11 is 0.528. The topological polar surface area (TPSA) is 42.7 Å². The third-order valence-corrected chi connectivity index (χ3v) is 3.13. The molecule has 0 saturated carbocycles. The number of hydrogen-bond donors (Lipinski definition) is 1. The molecule has 0 aliphatic carbocycles. The van der Waals surface area contributed by atoms with Gasteiger partial charge in [-0.15, -0.1) is 10.2 Å². The second kappa shape index (κ2) is 5.81. The van der Waals surface area contributed by atoms with Crippen LogP contribution in [-0.2, 0) is 13.6 Å². The summed E-state index contributed by atoms with van der Waals surface area (Å²) in [6.07, 6.45) is 1.59. The molecule has 2 rings (SSSR count). The van der Waals surface area contributed by atoms with Crippen molar-refractivity contribution in [1.29, 1.82) is 0 Å². The Hall–Kier alpha value is -1.63. The zero-order chi connectivity index (χ0) is 13.0. The lowest BCUT2D eigenvalue weighted by atomic mass is 10.3. The molecule has 2 aromatic rings. The first-order valence-electron chi connectivity index (χ1n) is 5.27. The van der Waals surface area contributed by atoms with Crippen molar-refractivity contribution in [2.75, 3.05) is 5.32 Å². The van der Waals surface area contributed by atoms with Crippen molar-refractivity contribution in [2.24, 2.45) is 7.05 Å². The van der Waals surface area contributed by atoms with Crippen molar-refractivity contribution in [3.63, 3.8) is 0 Å². The molecule has 0 spiro atoms. The van der Waals surface area contributed by atoms with Gasteiger partial charge in [0.15, 0.2) is 5.82 Å². The summed E-state index contributed by atoms with van der Waals surface area (Å²) < 4.78 is 26.5. The molecule has 0 aliphatic rings. The van der Waals surface area contributed by atoms with E-state index in [1.165, 1.54) is 0 Å². The maximum atomic E-state index is 12.4. The van der Waals surface area contributed by atoms with Crippen molar-refractivity contribution in [2.45, 2.75) is 17.2 Å². The molecule has 0 unspecified atom stereocenters. The molecule has 0 fully saturated rings. The van der Waals surface area contributed by atoms with E-state index in [0.717, 1.165) is 5.82 Å². The van der Waals surface area contributed by atoms with Crippen molar-refractivity contribution in [3.05, 3.63) is 36.4 Å². The molecule has 0 aliphatic heterocycles. The highest BCUT2D eigenvalue weighted by molar-refractivity contribution is 7.99. The lowest BCUT2D eigenvalue weighted by Gasteiger charge is -2.10. The molecule has 0 bridgehead atoms. The first-order chi connectivity index (χ1) is 8.66. The van der Waals surface area contributed by atoms with Crippen molar-refractivity contribution in [1.82, 2.24) is 14.8 Å². The molecular weight excluding hydrogens is 258 g/mol. The SMILES string of the molecule is Cn1cnnc1CNc1ccccc1SC(F)F. The quantitative estimate of drug-likeness (QED) is 0.848. The first kappa shape index (κ1) is 12.8. The minimum atomic E-state index is -2.43. The van der Waals surface area contributed by atoms with Crippen molar-refractivity contribution >= 4 is 17.4 Å². The van der Waals surface area contributed by atoms with Crippen LogP contribution in [0.2, 0.25) is 0 Å². The van der Waals surface area contributed by atoms with Gasteiger partial charge in [-0.2, -0.15) is 8.78 Å². The lowest BCUT2D eigenvalue weighted by Crippen LogP contribution is -2.06. The van der Waals surface area contributed by atoms with Gasteiger partial charge in [0.25, 0.3) is 5.76 Å². The molecule has 0 saturated heterocycles. The summed E-state index contributed by atoms with van der Waals surface area (Å²) in [5.41, 5.74) is 0.672. The Bertz CT molecular complexity index is 515. The van der Waals surface area contributed by atoms with Crippen LogP contribution in [0.5, 0.6) is 0 Å². The molecule has 96 valence electrons. The number of aryl methyl sites for hydroxylation is 1. The Morgan fingerprint density at radius 1 is 1.39 bits per heavy atom. The maximum absolute atomic E-state index is 12.4. The number of hydrogen-bond acceptors (Lipinski definition) is 4. The molecule has 0 atom stereocenters. The molecule has 4 nitrogen and oxygen atoms in total. The lowest BCUT2D eigenvalue weighted by molar-refractivity contribution is 0.252. The van der Waals surface area contributed by atoms with E-state index in [4.69, 9.17) is 0 Å². The van der Waals surface area contributed by atoms with Crippen LogP contribution >= 0.6 is 11.8 Å². The van der Waals surface area contributed by atoms with Gasteiger partial charge < -0.3 is 9.88 Å². The summed E-state index contributed by atoms with van der Waals surface area (Å²) in [7, 11) is 1.83.